The van der Waals surface area contributed by atoms with Gasteiger partial charge in [0.1, 0.15) is 57.4 Å². The number of hydrogen-bond acceptors (Lipinski definition) is 18. The van der Waals surface area contributed by atoms with E-state index in [0.29, 0.717) is 51.7 Å². The highest BCUT2D eigenvalue weighted by Crippen LogP contribution is 2.30. The van der Waals surface area contributed by atoms with E-state index in [9.17, 15) is 19.7 Å². The second-order valence-corrected chi connectivity index (χ2v) is 15.5. The molecule has 408 valence electrons. The lowest BCUT2D eigenvalue weighted by atomic mass is 10.2. The second-order valence-electron chi connectivity index (χ2n) is 15.1. The van der Waals surface area contributed by atoms with Crippen molar-refractivity contribution in [3.8, 4) is 23.0 Å². The Balaban J connectivity index is 0.00000108. The highest BCUT2D eigenvalue weighted by Gasteiger charge is 2.13. The van der Waals surface area contributed by atoms with Gasteiger partial charge >= 0.3 is 0 Å². The smallest absolute Gasteiger partial charge is 0.287 e. The number of aryl methyl sites for hydroxylation is 1. The Morgan fingerprint density at radius 3 is 1.62 bits per heavy atom. The van der Waals surface area contributed by atoms with Gasteiger partial charge in [-0.25, -0.2) is 19.9 Å². The number of nitrogens with two attached hydrogens (primary N) is 2. The van der Waals surface area contributed by atoms with Crippen molar-refractivity contribution in [3.63, 3.8) is 0 Å². The molecule has 22 nitrogen and oxygen atoms in total. The van der Waals surface area contributed by atoms with Gasteiger partial charge in [0.15, 0.2) is 0 Å². The van der Waals surface area contributed by atoms with E-state index in [2.05, 4.69) is 51.2 Å². The van der Waals surface area contributed by atoms with Crippen LogP contribution in [0.1, 0.15) is 58.1 Å². The monoisotopic (exact) mass is 1060 g/mol. The molecular formula is C53H73ClN16O6. The lowest BCUT2D eigenvalue weighted by Gasteiger charge is -2.12. The quantitative estimate of drug-likeness (QED) is 0.0287. The van der Waals surface area contributed by atoms with E-state index in [0.717, 1.165) is 40.2 Å². The van der Waals surface area contributed by atoms with Crippen molar-refractivity contribution in [3.05, 3.63) is 155 Å². The molecular weight excluding hydrogens is 992 g/mol. The lowest BCUT2D eigenvalue weighted by molar-refractivity contribution is -0.385. The zero-order chi connectivity index (χ0) is 51.6. The van der Waals surface area contributed by atoms with Gasteiger partial charge in [-0.1, -0.05) is 48.7 Å². The SMILES string of the molecule is C.C.C.C.C.CN(C)c1ccc(N)cn1.CNC(=O)c1cc(Oc2ccc(NC)c(N)c2)ccn1.CNC(=O)c1cc(Oc2ccc3c(c2)nc(Nc2ccc(N(C)C)nc2)n3C)ccn1.O=[N+]([O-])c1ccc(Cl)nc1. The Labute approximate surface area is 451 Å². The number of carbonyl (C=O) groups is 2. The zero-order valence-electron chi connectivity index (χ0n) is 40.1. The fourth-order valence-corrected chi connectivity index (χ4v) is 6.02. The van der Waals surface area contributed by atoms with Crippen LogP contribution in [0.3, 0.4) is 0 Å². The molecule has 0 radical (unpaired) electrons. The maximum absolute atomic E-state index is 11.8. The molecule has 0 bridgehead atoms. The first-order chi connectivity index (χ1) is 34.0. The summed E-state index contributed by atoms with van der Waals surface area (Å²) in [6, 6.07) is 27.8. The number of halogens is 1. The molecule has 8 aromatic rings. The summed E-state index contributed by atoms with van der Waals surface area (Å²) >= 11 is 5.38. The molecule has 0 fully saturated rings. The summed E-state index contributed by atoms with van der Waals surface area (Å²) in [6.07, 6.45) is 7.59. The van der Waals surface area contributed by atoms with Crippen molar-refractivity contribution in [2.45, 2.75) is 37.1 Å². The molecule has 0 unspecified atom stereocenters. The van der Waals surface area contributed by atoms with E-state index in [-0.39, 0.29) is 59.8 Å². The van der Waals surface area contributed by atoms with E-state index in [1.807, 2.05) is 98.1 Å². The molecule has 0 aliphatic carbocycles. The van der Waals surface area contributed by atoms with Crippen LogP contribution in [0.5, 0.6) is 23.0 Å². The summed E-state index contributed by atoms with van der Waals surface area (Å²) < 4.78 is 13.6. The highest BCUT2D eigenvalue weighted by molar-refractivity contribution is 6.29. The number of nitrogens with zero attached hydrogens (tertiary/aromatic N) is 10. The number of imidazole rings is 1. The number of rotatable bonds is 12. The minimum absolute atomic E-state index is 0. The number of benzene rings is 2. The van der Waals surface area contributed by atoms with Crippen LogP contribution in [-0.2, 0) is 7.05 Å². The van der Waals surface area contributed by atoms with Crippen molar-refractivity contribution in [1.82, 2.24) is 45.1 Å². The minimum atomic E-state index is -0.524. The molecule has 2 amide bonds. The first kappa shape index (κ1) is 66.7. The Morgan fingerprint density at radius 2 is 1.17 bits per heavy atom. The first-order valence-electron chi connectivity index (χ1n) is 21.3. The molecule has 8 rings (SSSR count). The summed E-state index contributed by atoms with van der Waals surface area (Å²) in [7, 11) is 14.6. The topological polar surface area (TPSA) is 285 Å². The number of pyridine rings is 5. The van der Waals surface area contributed by atoms with E-state index in [1.165, 1.54) is 24.5 Å². The molecule has 2 aromatic carbocycles. The third-order valence-electron chi connectivity index (χ3n) is 9.61. The molecule has 6 heterocycles. The lowest BCUT2D eigenvalue weighted by Crippen LogP contribution is -2.18. The molecule has 0 atom stereocenters. The van der Waals surface area contributed by atoms with Crippen molar-refractivity contribution in [2.24, 2.45) is 7.05 Å². The molecule has 8 N–H and O–H groups in total. The molecule has 23 heteroatoms. The second kappa shape index (κ2) is 32.0. The average molecular weight is 1070 g/mol. The molecule has 6 aromatic heterocycles. The number of aromatic nitrogens is 7. The van der Waals surface area contributed by atoms with Crippen LogP contribution in [0.4, 0.5) is 46.0 Å². The van der Waals surface area contributed by atoms with Crippen LogP contribution in [0.25, 0.3) is 11.0 Å². The third kappa shape index (κ3) is 19.3. The predicted octanol–water partition coefficient (Wildman–Crippen LogP) is 10.7. The molecule has 0 saturated heterocycles. The summed E-state index contributed by atoms with van der Waals surface area (Å²) in [5.74, 6) is 4.22. The summed E-state index contributed by atoms with van der Waals surface area (Å²) in [5.41, 5.74) is 16.5. The summed E-state index contributed by atoms with van der Waals surface area (Å²) in [6.45, 7) is 0. The number of hydrogen-bond donors (Lipinski definition) is 6. The number of amides is 2. The van der Waals surface area contributed by atoms with Gasteiger partial charge in [0.2, 0.25) is 5.95 Å². The maximum atomic E-state index is 11.8. The average Bonchev–Trinajstić information content (AvgIpc) is 3.67. The number of nitrogens with one attached hydrogen (secondary N) is 4. The van der Waals surface area contributed by atoms with E-state index in [4.69, 9.17) is 32.5 Å². The van der Waals surface area contributed by atoms with Gasteiger partial charge in [-0.3, -0.25) is 29.7 Å². The summed E-state index contributed by atoms with van der Waals surface area (Å²) in [5, 5.41) is 21.6. The third-order valence-corrected chi connectivity index (χ3v) is 9.84. The molecule has 76 heavy (non-hydrogen) atoms. The maximum Gasteiger partial charge on any atom is 0.287 e. The Morgan fingerprint density at radius 1 is 0.645 bits per heavy atom. The number of carbonyl (C=O) groups excluding carboxylic acids is 2. The zero-order valence-corrected chi connectivity index (χ0v) is 40.8. The van der Waals surface area contributed by atoms with Gasteiger partial charge in [-0.15, -0.1) is 0 Å². The van der Waals surface area contributed by atoms with E-state index in [1.54, 1.807) is 69.9 Å². The Bertz CT molecular complexity index is 3050. The van der Waals surface area contributed by atoms with E-state index < -0.39 is 4.92 Å². The van der Waals surface area contributed by atoms with Gasteiger partial charge in [0, 0.05) is 99.1 Å². The molecule has 0 aliphatic heterocycles. The first-order valence-corrected chi connectivity index (χ1v) is 21.7. The fraction of sp³-hybridized carbons (Fsp3) is 0.245. The van der Waals surface area contributed by atoms with Crippen molar-refractivity contribution >= 4 is 80.5 Å². The van der Waals surface area contributed by atoms with Crippen molar-refractivity contribution < 1.29 is 24.0 Å². The normalized spacial score (nSPS) is 9.43. The summed E-state index contributed by atoms with van der Waals surface area (Å²) in [4.78, 5) is 61.4. The fourth-order valence-electron chi connectivity index (χ4n) is 5.90. The van der Waals surface area contributed by atoms with Gasteiger partial charge < -0.3 is 56.6 Å². The molecule has 0 aliphatic rings. The Hall–Kier alpha value is -9.31. The predicted molar refractivity (Wildman–Crippen MR) is 311 cm³/mol. The number of anilines is 7. The molecule has 0 spiro atoms. The minimum Gasteiger partial charge on any atom is -0.457 e. The van der Waals surface area contributed by atoms with Crippen molar-refractivity contribution in [2.75, 3.05) is 81.2 Å². The molecule has 0 saturated carbocycles. The number of fused-ring (bicyclic) bond motifs is 1. The standard InChI is InChI=1S/C22H23N7O2.C14H16N4O2.C7H11N3.C5H3ClN2O2.5CH4/c1-23-21(30)18-12-16(9-10-24-18)31-15-6-7-19-17(11-15)27-22(29(19)4)26-14-5-8-20(25-13-14)28(2)3;1-16-12-4-3-9(7-11(12)15)20-10-5-6-18-13(8-10)14(19)17-2;1-10(2)7-4-3-6(8)5-9-7;6-5-2-1-4(3-7-5)8(9)10;;;;;/h5-13H,1-4H3,(H,23,30)(H,26,27);3-8,16H,15H2,1-2H3,(H,17,19);3-5H,8H2,1-2H3;1-3H;5*1H4. The largest absolute Gasteiger partial charge is 0.457 e. The number of ether oxygens (including phenoxy) is 2. The van der Waals surface area contributed by atoms with Crippen LogP contribution >= 0.6 is 11.6 Å². The van der Waals surface area contributed by atoms with Gasteiger partial charge in [0.05, 0.1) is 51.1 Å². The van der Waals surface area contributed by atoms with Gasteiger partial charge in [0.25, 0.3) is 17.5 Å². The van der Waals surface area contributed by atoms with Crippen molar-refractivity contribution in [1.29, 1.82) is 0 Å². The van der Waals surface area contributed by atoms with E-state index >= 15 is 0 Å². The van der Waals surface area contributed by atoms with Gasteiger partial charge in [-0.2, -0.15) is 0 Å². The number of nitro groups is 1. The van der Waals surface area contributed by atoms with Crippen LogP contribution in [0, 0.1) is 10.1 Å². The highest BCUT2D eigenvalue weighted by atomic mass is 35.5. The Kier molecular flexibility index (Phi) is 28.1. The van der Waals surface area contributed by atoms with Crippen LogP contribution in [0.2, 0.25) is 5.15 Å². The van der Waals surface area contributed by atoms with Crippen LogP contribution in [0.15, 0.2) is 128 Å². The number of nitrogen functional groups attached to an aromatic ring is 2. The van der Waals surface area contributed by atoms with Gasteiger partial charge in [-0.05, 0) is 66.7 Å². The van der Waals surface area contributed by atoms with Crippen LogP contribution < -0.4 is 52.0 Å². The van der Waals surface area contributed by atoms with Crippen LogP contribution in [-0.4, -0.2) is 101 Å².